The van der Waals surface area contributed by atoms with Crippen LogP contribution in [-0.2, 0) is 14.3 Å². The molecule has 3 unspecified atom stereocenters. The third-order valence-electron chi connectivity index (χ3n) is 5.80. The van der Waals surface area contributed by atoms with Gasteiger partial charge in [-0.2, -0.15) is 0 Å². The number of aliphatic hydroxyl groups is 2. The number of rotatable bonds is 12. The average Bonchev–Trinajstić information content (AvgIpc) is 2.68. The first-order valence-electron chi connectivity index (χ1n) is 10.8. The molecule has 5 nitrogen and oxygen atoms in total. The van der Waals surface area contributed by atoms with E-state index in [2.05, 4.69) is 25.7 Å². The number of carbonyl (C=O) groups is 1. The normalized spacial score (nSPS) is 23.6. The van der Waals surface area contributed by atoms with E-state index < -0.39 is 11.7 Å². The van der Waals surface area contributed by atoms with Crippen LogP contribution in [0, 0.1) is 11.8 Å². The number of aliphatic hydroxyl groups excluding tert-OH is 1. The van der Waals surface area contributed by atoms with E-state index in [4.69, 9.17) is 9.47 Å². The monoisotopic (exact) mass is 420 g/mol. The highest BCUT2D eigenvalue weighted by atomic mass is 16.5. The topological polar surface area (TPSA) is 76.0 Å². The molecule has 0 amide bonds. The van der Waals surface area contributed by atoms with Crippen molar-refractivity contribution in [2.75, 3.05) is 14.2 Å². The maximum atomic E-state index is 12.5. The van der Waals surface area contributed by atoms with Gasteiger partial charge in [-0.05, 0) is 59.3 Å². The first-order chi connectivity index (χ1) is 14.1. The molecule has 0 saturated heterocycles. The first kappa shape index (κ1) is 26.2. The fraction of sp³-hybridized carbons (Fsp3) is 0.640. The van der Waals surface area contributed by atoms with Crippen molar-refractivity contribution in [3.8, 4) is 0 Å². The van der Waals surface area contributed by atoms with Gasteiger partial charge in [0.25, 0.3) is 0 Å². The Morgan fingerprint density at radius 1 is 1.20 bits per heavy atom. The molecule has 0 radical (unpaired) electrons. The molecule has 3 atom stereocenters. The van der Waals surface area contributed by atoms with Crippen molar-refractivity contribution in [1.29, 1.82) is 0 Å². The van der Waals surface area contributed by atoms with Gasteiger partial charge >= 0.3 is 0 Å². The van der Waals surface area contributed by atoms with E-state index in [1.807, 2.05) is 26.8 Å². The Labute approximate surface area is 182 Å². The number of carbonyl (C=O) groups excluding carboxylic acids is 1. The van der Waals surface area contributed by atoms with Crippen LogP contribution in [0.1, 0.15) is 66.2 Å². The van der Waals surface area contributed by atoms with Crippen LogP contribution in [0.2, 0.25) is 0 Å². The smallest absolute Gasteiger partial charge is 0.204 e. The molecule has 0 heterocycles. The van der Waals surface area contributed by atoms with Crippen molar-refractivity contribution >= 4 is 5.78 Å². The average molecular weight is 421 g/mol. The van der Waals surface area contributed by atoms with E-state index in [1.165, 1.54) is 25.4 Å². The Balaban J connectivity index is 2.65. The van der Waals surface area contributed by atoms with E-state index in [0.717, 1.165) is 32.1 Å². The zero-order valence-electron chi connectivity index (χ0n) is 19.5. The third kappa shape index (κ3) is 7.77. The summed E-state index contributed by atoms with van der Waals surface area (Å²) in [6.45, 7) is 11.5. The lowest BCUT2D eigenvalue weighted by atomic mass is 9.77. The highest BCUT2D eigenvalue weighted by Gasteiger charge is 2.42. The highest BCUT2D eigenvalue weighted by molar-refractivity contribution is 5.97. The Kier molecular flexibility index (Phi) is 10.6. The lowest BCUT2D eigenvalue weighted by Gasteiger charge is -2.33. The summed E-state index contributed by atoms with van der Waals surface area (Å²) in [6, 6.07) is 0. The van der Waals surface area contributed by atoms with Crippen LogP contribution in [0.15, 0.2) is 47.5 Å². The largest absolute Gasteiger partial charge is 0.494 e. The van der Waals surface area contributed by atoms with Gasteiger partial charge in [-0.3, -0.25) is 4.79 Å². The molecule has 0 aliphatic heterocycles. The first-order valence-corrected chi connectivity index (χ1v) is 10.8. The predicted molar refractivity (Wildman–Crippen MR) is 121 cm³/mol. The summed E-state index contributed by atoms with van der Waals surface area (Å²) in [7, 11) is 2.87. The molecule has 0 aromatic heterocycles. The Morgan fingerprint density at radius 2 is 1.87 bits per heavy atom. The minimum absolute atomic E-state index is 0.125. The second-order valence-electron chi connectivity index (χ2n) is 8.84. The molecule has 2 N–H and O–H groups in total. The maximum Gasteiger partial charge on any atom is 0.204 e. The lowest BCUT2D eigenvalue weighted by Crippen LogP contribution is -2.40. The number of Topliss-reactive ketones (excluding diaryl/α,β-unsaturated/α-hetero) is 1. The molecular formula is C25H40O5. The summed E-state index contributed by atoms with van der Waals surface area (Å²) in [5.74, 6) is -0.342. The maximum absolute atomic E-state index is 12.5. The zero-order chi connectivity index (χ0) is 22.9. The summed E-state index contributed by atoms with van der Waals surface area (Å²) in [6.07, 6.45) is 10.4. The SMILES string of the molecule is C=CC(=CCCC(C)=CCC1C(C)C(=O)C(OC)=C(OC)C1O)CCCC(C)(C)O. The number of hydrogen-bond donors (Lipinski definition) is 2. The van der Waals surface area contributed by atoms with Gasteiger partial charge in [-0.15, -0.1) is 0 Å². The molecule has 30 heavy (non-hydrogen) atoms. The van der Waals surface area contributed by atoms with Gasteiger partial charge < -0.3 is 19.7 Å². The number of ketones is 1. The summed E-state index contributed by atoms with van der Waals surface area (Å²) >= 11 is 0. The summed E-state index contributed by atoms with van der Waals surface area (Å²) < 4.78 is 10.4. The van der Waals surface area contributed by atoms with Gasteiger partial charge in [0, 0.05) is 11.8 Å². The molecule has 0 bridgehead atoms. The summed E-state index contributed by atoms with van der Waals surface area (Å²) in [4.78, 5) is 12.5. The van der Waals surface area contributed by atoms with Gasteiger partial charge in [0.2, 0.25) is 11.5 Å². The van der Waals surface area contributed by atoms with E-state index in [-0.39, 0.29) is 29.1 Å². The molecule has 1 aliphatic carbocycles. The van der Waals surface area contributed by atoms with Crippen LogP contribution >= 0.6 is 0 Å². The van der Waals surface area contributed by atoms with Crippen LogP contribution < -0.4 is 0 Å². The van der Waals surface area contributed by atoms with Crippen molar-refractivity contribution in [2.45, 2.75) is 77.9 Å². The number of allylic oxidation sites excluding steroid dienone is 6. The van der Waals surface area contributed by atoms with E-state index in [9.17, 15) is 15.0 Å². The standard InChI is InChI=1S/C25H40O5/c1-8-19(13-10-16-25(4,5)28)12-9-11-17(2)14-15-20-18(3)21(26)23(29-6)24(30-7)22(20)27/h8,12,14,18,20,22,27-28H,1,9-11,13,15-16H2,2-7H3. The van der Waals surface area contributed by atoms with E-state index in [1.54, 1.807) is 0 Å². The van der Waals surface area contributed by atoms with E-state index >= 15 is 0 Å². The van der Waals surface area contributed by atoms with Crippen LogP contribution in [0.3, 0.4) is 0 Å². The minimum atomic E-state index is -0.857. The molecule has 0 aromatic rings. The Hall–Kier alpha value is -1.85. The van der Waals surface area contributed by atoms with Crippen LogP contribution in [-0.4, -0.2) is 41.9 Å². The molecule has 0 spiro atoms. The van der Waals surface area contributed by atoms with Gasteiger partial charge in [0.15, 0.2) is 5.76 Å². The summed E-state index contributed by atoms with van der Waals surface area (Å²) in [5.41, 5.74) is 1.80. The van der Waals surface area contributed by atoms with Crippen LogP contribution in [0.4, 0.5) is 0 Å². The number of hydrogen-bond acceptors (Lipinski definition) is 5. The van der Waals surface area contributed by atoms with E-state index in [0.29, 0.717) is 6.42 Å². The molecule has 0 aromatic carbocycles. The Bertz CT molecular complexity index is 678. The quantitative estimate of drug-likeness (QED) is 0.348. The predicted octanol–water partition coefficient (Wildman–Crippen LogP) is 4.86. The fourth-order valence-corrected chi connectivity index (χ4v) is 3.81. The molecule has 0 fully saturated rings. The molecule has 0 saturated carbocycles. The van der Waals surface area contributed by atoms with Crippen molar-refractivity contribution < 1.29 is 24.5 Å². The van der Waals surface area contributed by atoms with Gasteiger partial charge in [-0.25, -0.2) is 0 Å². The van der Waals surface area contributed by atoms with Gasteiger partial charge in [0.1, 0.15) is 6.10 Å². The molecule has 1 aliphatic rings. The fourth-order valence-electron chi connectivity index (χ4n) is 3.81. The van der Waals surface area contributed by atoms with Crippen LogP contribution in [0.25, 0.3) is 0 Å². The van der Waals surface area contributed by atoms with Crippen molar-refractivity contribution in [1.82, 2.24) is 0 Å². The lowest BCUT2D eigenvalue weighted by molar-refractivity contribution is -0.128. The van der Waals surface area contributed by atoms with Crippen LogP contribution in [0.5, 0.6) is 0 Å². The molecular weight excluding hydrogens is 380 g/mol. The second kappa shape index (κ2) is 12.1. The van der Waals surface area contributed by atoms with Gasteiger partial charge in [-0.1, -0.05) is 42.9 Å². The zero-order valence-corrected chi connectivity index (χ0v) is 19.5. The van der Waals surface area contributed by atoms with Crippen molar-refractivity contribution in [3.05, 3.63) is 47.5 Å². The number of ether oxygens (including phenoxy) is 2. The highest BCUT2D eigenvalue weighted by Crippen LogP contribution is 2.35. The minimum Gasteiger partial charge on any atom is -0.494 e. The van der Waals surface area contributed by atoms with Crippen molar-refractivity contribution in [2.24, 2.45) is 11.8 Å². The number of methoxy groups -OCH3 is 2. The Morgan fingerprint density at radius 3 is 2.40 bits per heavy atom. The molecule has 170 valence electrons. The summed E-state index contributed by atoms with van der Waals surface area (Å²) in [5, 5.41) is 20.5. The molecule has 1 rings (SSSR count). The third-order valence-corrected chi connectivity index (χ3v) is 5.80. The van der Waals surface area contributed by atoms with Crippen molar-refractivity contribution in [3.63, 3.8) is 0 Å². The second-order valence-corrected chi connectivity index (χ2v) is 8.84. The van der Waals surface area contributed by atoms with Gasteiger partial charge in [0.05, 0.1) is 19.8 Å². The molecule has 5 heteroatoms.